The highest BCUT2D eigenvalue weighted by Gasteiger charge is 2.24. The summed E-state index contributed by atoms with van der Waals surface area (Å²) in [7, 11) is 0. The van der Waals surface area contributed by atoms with Gasteiger partial charge in [0.1, 0.15) is 29.3 Å². The normalized spacial score (nSPS) is 12.1. The fraction of sp³-hybridized carbons (Fsp3) is 0.111. The van der Waals surface area contributed by atoms with Gasteiger partial charge in [0.05, 0.1) is 12.5 Å². The number of hydrogen-bond acceptors (Lipinski definition) is 4. The van der Waals surface area contributed by atoms with Crippen molar-refractivity contribution >= 4 is 28.4 Å². The van der Waals surface area contributed by atoms with Crippen LogP contribution in [0.1, 0.15) is 22.9 Å². The number of amides is 1. The van der Waals surface area contributed by atoms with Gasteiger partial charge >= 0.3 is 0 Å². The number of benzene rings is 3. The maximum atomic E-state index is 13.9. The van der Waals surface area contributed by atoms with Gasteiger partial charge in [0.25, 0.3) is 0 Å². The quantitative estimate of drug-likeness (QED) is 0.248. The van der Waals surface area contributed by atoms with Crippen molar-refractivity contribution in [3.63, 3.8) is 0 Å². The third-order valence-corrected chi connectivity index (χ3v) is 6.13. The Morgan fingerprint density at radius 2 is 1.83 bits per heavy atom. The first kappa shape index (κ1) is 23.6. The van der Waals surface area contributed by atoms with E-state index in [9.17, 15) is 18.7 Å². The predicted octanol–water partition coefficient (Wildman–Crippen LogP) is 6.10. The smallest absolute Gasteiger partial charge is 0.225 e. The van der Waals surface area contributed by atoms with E-state index in [1.807, 2.05) is 0 Å². The Bertz CT molecular complexity index is 1530. The summed E-state index contributed by atoms with van der Waals surface area (Å²) < 4.78 is 33.0. The van der Waals surface area contributed by atoms with Crippen LogP contribution >= 0.6 is 11.6 Å². The molecule has 0 fully saturated rings. The number of aromatic amines is 1. The highest BCUT2D eigenvalue weighted by molar-refractivity contribution is 6.30. The minimum Gasteiger partial charge on any atom is -0.508 e. The summed E-state index contributed by atoms with van der Waals surface area (Å²) in [6, 6.07) is 14.3. The van der Waals surface area contributed by atoms with Crippen LogP contribution in [0.25, 0.3) is 22.0 Å². The lowest BCUT2D eigenvalue weighted by Gasteiger charge is -2.18. The van der Waals surface area contributed by atoms with Gasteiger partial charge in [-0.2, -0.15) is 0 Å². The molecule has 0 saturated carbocycles. The summed E-state index contributed by atoms with van der Waals surface area (Å²) in [5, 5.41) is 18.2. The molecule has 1 atom stereocenters. The van der Waals surface area contributed by atoms with Crippen LogP contribution < -0.4 is 5.32 Å². The van der Waals surface area contributed by atoms with Gasteiger partial charge in [0, 0.05) is 33.8 Å². The third-order valence-electron chi connectivity index (χ3n) is 5.88. The Hall–Kier alpha value is -4.17. The summed E-state index contributed by atoms with van der Waals surface area (Å²) in [5.41, 5.74) is 3.60. The topological polar surface area (TPSA) is 91.2 Å². The molecule has 0 aliphatic heterocycles. The van der Waals surface area contributed by atoms with E-state index < -0.39 is 17.7 Å². The van der Waals surface area contributed by atoms with Gasteiger partial charge in [0.15, 0.2) is 0 Å². The molecule has 0 bridgehead atoms. The fourth-order valence-corrected chi connectivity index (χ4v) is 4.38. The first-order valence-electron chi connectivity index (χ1n) is 11.1. The van der Waals surface area contributed by atoms with Crippen LogP contribution in [0.5, 0.6) is 5.75 Å². The monoisotopic (exact) mass is 507 g/mol. The molecular formula is C27H20ClF2N3O3. The summed E-state index contributed by atoms with van der Waals surface area (Å²) in [6.07, 6.45) is 3.23. The minimum atomic E-state index is -0.748. The van der Waals surface area contributed by atoms with Crippen LogP contribution in [0.3, 0.4) is 0 Å². The Labute approximate surface area is 209 Å². The van der Waals surface area contributed by atoms with Gasteiger partial charge in [-0.1, -0.05) is 28.9 Å². The molecule has 5 aromatic rings. The zero-order valence-corrected chi connectivity index (χ0v) is 19.5. The number of hydrogen-bond donors (Lipinski definition) is 3. The van der Waals surface area contributed by atoms with Gasteiger partial charge < -0.3 is 19.9 Å². The third kappa shape index (κ3) is 5.08. The molecule has 6 nitrogen and oxygen atoms in total. The van der Waals surface area contributed by atoms with E-state index in [2.05, 4.69) is 15.5 Å². The number of H-pyrrole nitrogens is 1. The van der Waals surface area contributed by atoms with Gasteiger partial charge in [-0.15, -0.1) is 0 Å². The summed E-state index contributed by atoms with van der Waals surface area (Å²) >= 11 is 6.01. The van der Waals surface area contributed by atoms with Crippen molar-refractivity contribution in [2.45, 2.75) is 18.9 Å². The van der Waals surface area contributed by atoms with E-state index in [4.69, 9.17) is 16.1 Å². The van der Waals surface area contributed by atoms with Crippen LogP contribution in [0.15, 0.2) is 77.6 Å². The predicted molar refractivity (Wildman–Crippen MR) is 132 cm³/mol. The second-order valence-corrected chi connectivity index (χ2v) is 8.88. The molecule has 1 amide bonds. The number of phenolic OH excluding ortho intramolecular Hbond substituents is 1. The zero-order chi connectivity index (χ0) is 25.2. The van der Waals surface area contributed by atoms with Crippen molar-refractivity contribution < 1.29 is 23.2 Å². The summed E-state index contributed by atoms with van der Waals surface area (Å²) in [5.74, 6) is -1.69. The number of fused-ring (bicyclic) bond motifs is 1. The number of carbonyl (C=O) groups is 1. The number of nitrogens with zero attached hydrogens (tertiary/aromatic N) is 1. The molecule has 3 aromatic carbocycles. The Morgan fingerprint density at radius 1 is 1.08 bits per heavy atom. The van der Waals surface area contributed by atoms with Gasteiger partial charge in [0.2, 0.25) is 5.91 Å². The largest absolute Gasteiger partial charge is 0.508 e. The average Bonchev–Trinajstić information content (AvgIpc) is 3.46. The lowest BCUT2D eigenvalue weighted by Crippen LogP contribution is -2.31. The van der Waals surface area contributed by atoms with Gasteiger partial charge in [-0.3, -0.25) is 4.79 Å². The Balaban J connectivity index is 1.46. The van der Waals surface area contributed by atoms with Crippen LogP contribution in [-0.4, -0.2) is 21.2 Å². The first-order chi connectivity index (χ1) is 17.4. The number of rotatable bonds is 7. The first-order valence-corrected chi connectivity index (χ1v) is 11.5. The van der Waals surface area contributed by atoms with Crippen LogP contribution in [0.2, 0.25) is 5.02 Å². The van der Waals surface area contributed by atoms with E-state index in [1.54, 1.807) is 48.7 Å². The Kier molecular flexibility index (Phi) is 6.43. The summed E-state index contributed by atoms with van der Waals surface area (Å²) in [4.78, 5) is 16.2. The molecule has 2 aromatic heterocycles. The van der Waals surface area contributed by atoms with Crippen LogP contribution in [0.4, 0.5) is 8.78 Å². The van der Waals surface area contributed by atoms with Crippen molar-refractivity contribution in [2.75, 3.05) is 0 Å². The standard InChI is InChI=1S/C27H20ClF2N3O3/c28-18-3-1-16(2-4-18)23-14-36-33-27(23)25(9-15-7-19(29)11-20(30)8-15)32-26(35)10-17-13-31-24-6-5-21(34)12-22(17)24/h1-8,11-14,25,31,34H,9-10H2,(H,32,35). The van der Waals surface area contributed by atoms with Crippen molar-refractivity contribution in [3.8, 4) is 16.9 Å². The van der Waals surface area contributed by atoms with E-state index in [0.29, 0.717) is 27.4 Å². The second kappa shape index (κ2) is 9.83. The van der Waals surface area contributed by atoms with Gasteiger partial charge in [-0.05, 0) is 65.6 Å². The molecule has 1 unspecified atom stereocenters. The van der Waals surface area contributed by atoms with Crippen molar-refractivity contribution in [1.29, 1.82) is 0 Å². The minimum absolute atomic E-state index is 0.00555. The number of phenols is 1. The Morgan fingerprint density at radius 3 is 2.58 bits per heavy atom. The average molecular weight is 508 g/mol. The van der Waals surface area contributed by atoms with Crippen molar-refractivity contribution in [1.82, 2.24) is 15.5 Å². The maximum Gasteiger partial charge on any atom is 0.225 e. The van der Waals surface area contributed by atoms with Crippen LogP contribution in [0, 0.1) is 11.6 Å². The highest BCUT2D eigenvalue weighted by atomic mass is 35.5. The lowest BCUT2D eigenvalue weighted by atomic mass is 9.97. The van der Waals surface area contributed by atoms with E-state index in [-0.39, 0.29) is 24.5 Å². The van der Waals surface area contributed by atoms with E-state index in [0.717, 1.165) is 22.5 Å². The molecule has 36 heavy (non-hydrogen) atoms. The molecule has 2 heterocycles. The number of nitrogens with one attached hydrogen (secondary N) is 2. The molecule has 3 N–H and O–H groups in total. The molecule has 0 radical (unpaired) electrons. The van der Waals surface area contributed by atoms with Gasteiger partial charge in [-0.25, -0.2) is 8.78 Å². The van der Waals surface area contributed by atoms with Crippen molar-refractivity contribution in [2.24, 2.45) is 0 Å². The molecule has 182 valence electrons. The molecular weight excluding hydrogens is 488 g/mol. The molecule has 5 rings (SSSR count). The van der Waals surface area contributed by atoms with Crippen LogP contribution in [-0.2, 0) is 17.6 Å². The van der Waals surface area contributed by atoms with Crippen molar-refractivity contribution in [3.05, 3.63) is 107 Å². The second-order valence-electron chi connectivity index (χ2n) is 8.44. The number of halogens is 3. The molecule has 0 aliphatic rings. The highest BCUT2D eigenvalue weighted by Crippen LogP contribution is 2.31. The molecule has 9 heteroatoms. The number of aromatic nitrogens is 2. The number of aromatic hydroxyl groups is 1. The zero-order valence-electron chi connectivity index (χ0n) is 18.8. The molecule has 0 saturated heterocycles. The summed E-state index contributed by atoms with van der Waals surface area (Å²) in [6.45, 7) is 0. The SMILES string of the molecule is O=C(Cc1c[nH]c2ccc(O)cc12)NC(Cc1cc(F)cc(F)c1)c1nocc1-c1ccc(Cl)cc1. The van der Waals surface area contributed by atoms with E-state index in [1.165, 1.54) is 18.4 Å². The number of carbonyl (C=O) groups excluding carboxylic acids is 1. The fourth-order valence-electron chi connectivity index (χ4n) is 4.25. The molecule has 0 spiro atoms. The lowest BCUT2D eigenvalue weighted by molar-refractivity contribution is -0.121. The maximum absolute atomic E-state index is 13.9. The van der Waals surface area contributed by atoms with E-state index >= 15 is 0 Å². The molecule has 0 aliphatic carbocycles.